The smallest absolute Gasteiger partial charge is 0.254 e. The van der Waals surface area contributed by atoms with Gasteiger partial charge in [0.2, 0.25) is 11.9 Å². The summed E-state index contributed by atoms with van der Waals surface area (Å²) in [4.78, 5) is 43.3. The first-order valence-electron chi connectivity index (χ1n) is 14.7. The summed E-state index contributed by atoms with van der Waals surface area (Å²) in [6.07, 6.45) is 3.29. The van der Waals surface area contributed by atoms with Gasteiger partial charge in [0.1, 0.15) is 12.0 Å². The zero-order chi connectivity index (χ0) is 31.7. The van der Waals surface area contributed by atoms with Crippen LogP contribution in [0, 0.1) is 5.82 Å². The monoisotopic (exact) mass is 634 g/mol. The molecule has 2 fully saturated rings. The second-order valence-corrected chi connectivity index (χ2v) is 11.7. The highest BCUT2D eigenvalue weighted by molar-refractivity contribution is 6.33. The molecule has 0 aliphatic carbocycles. The molecule has 234 valence electrons. The Morgan fingerprint density at radius 1 is 1.13 bits per heavy atom. The van der Waals surface area contributed by atoms with Crippen LogP contribution in [0.15, 0.2) is 61.4 Å². The van der Waals surface area contributed by atoms with Crippen LogP contribution >= 0.6 is 11.6 Å². The molecule has 2 aromatic heterocycles. The number of piperidine rings is 1. The third kappa shape index (κ3) is 6.47. The molecular weight excluding hydrogens is 602 g/mol. The fourth-order valence-corrected chi connectivity index (χ4v) is 5.98. The molecule has 2 saturated heterocycles. The lowest BCUT2D eigenvalue weighted by atomic mass is 10.0. The lowest BCUT2D eigenvalue weighted by Crippen LogP contribution is -2.50. The van der Waals surface area contributed by atoms with Crippen LogP contribution in [0.4, 0.5) is 26.1 Å². The lowest BCUT2D eigenvalue weighted by molar-refractivity contribution is -0.111. The fourth-order valence-electron chi connectivity index (χ4n) is 5.78. The minimum atomic E-state index is -1.38. The van der Waals surface area contributed by atoms with Crippen LogP contribution in [-0.2, 0) is 4.79 Å². The second-order valence-electron chi connectivity index (χ2n) is 11.3. The molecule has 0 radical (unpaired) electrons. The molecule has 0 spiro atoms. The van der Waals surface area contributed by atoms with Crippen molar-refractivity contribution in [1.29, 1.82) is 0 Å². The number of carbonyl (C=O) groups excluding carboxylic acids is 2. The Morgan fingerprint density at radius 2 is 1.93 bits per heavy atom. The van der Waals surface area contributed by atoms with Crippen molar-refractivity contribution in [3.05, 3.63) is 77.9 Å². The molecule has 2 aliphatic rings. The van der Waals surface area contributed by atoms with E-state index in [-0.39, 0.29) is 30.1 Å². The summed E-state index contributed by atoms with van der Waals surface area (Å²) in [5.41, 5.74) is 3.45. The van der Waals surface area contributed by atoms with Crippen molar-refractivity contribution in [2.24, 2.45) is 0 Å². The lowest BCUT2D eigenvalue weighted by Gasteiger charge is -2.36. The Kier molecular flexibility index (Phi) is 8.68. The van der Waals surface area contributed by atoms with Gasteiger partial charge in [0, 0.05) is 61.0 Å². The number of likely N-dealkylation sites (tertiary alicyclic amines) is 1. The standard InChI is InChI=1S/C32H33ClF2N8O2/c1-3-29(44)38-26-7-4-19(14-28(26)42-12-10-41(2)11-13-42)31(45)43-9-8-25(24(35)18-43)39-32-37-17-23(33)30(40-32)22-16-36-27-15-20(34)5-6-21(22)27/h3-7,14-17,24-25,36H,1,8-13,18H2,2H3,(H,38,44)(H,37,39,40)/t24-,25-/m0/s1. The number of likely N-dealkylation sites (N-methyl/N-ethyl adjacent to an activating group) is 1. The van der Waals surface area contributed by atoms with Gasteiger partial charge in [0.05, 0.1) is 40.9 Å². The third-order valence-corrected chi connectivity index (χ3v) is 8.59. The topological polar surface area (TPSA) is 109 Å². The maximum atomic E-state index is 15.6. The molecule has 0 saturated carbocycles. The number of halogens is 3. The molecule has 4 aromatic rings. The number of nitrogens with one attached hydrogen (secondary N) is 3. The van der Waals surface area contributed by atoms with E-state index in [9.17, 15) is 14.0 Å². The number of carbonyl (C=O) groups is 2. The molecule has 6 rings (SSSR count). The Balaban J connectivity index is 1.16. The minimum Gasteiger partial charge on any atom is -0.367 e. The summed E-state index contributed by atoms with van der Waals surface area (Å²) in [7, 11) is 2.05. The van der Waals surface area contributed by atoms with E-state index in [0.717, 1.165) is 37.3 Å². The van der Waals surface area contributed by atoms with Gasteiger partial charge in [-0.1, -0.05) is 18.2 Å². The van der Waals surface area contributed by atoms with Crippen LogP contribution in [0.2, 0.25) is 5.02 Å². The molecule has 4 heterocycles. The normalized spacial score (nSPS) is 19.0. The van der Waals surface area contributed by atoms with E-state index in [2.05, 4.69) is 49.0 Å². The molecule has 2 aliphatic heterocycles. The van der Waals surface area contributed by atoms with E-state index in [4.69, 9.17) is 11.6 Å². The number of piperazine rings is 1. The number of hydrogen-bond donors (Lipinski definition) is 3. The van der Waals surface area contributed by atoms with Gasteiger partial charge in [0.25, 0.3) is 5.91 Å². The van der Waals surface area contributed by atoms with Gasteiger partial charge in [0.15, 0.2) is 0 Å². The number of hydrogen-bond acceptors (Lipinski definition) is 7. The number of anilines is 3. The molecule has 2 aromatic carbocycles. The van der Waals surface area contributed by atoms with Gasteiger partial charge >= 0.3 is 0 Å². The van der Waals surface area contributed by atoms with Gasteiger partial charge in [-0.3, -0.25) is 9.59 Å². The van der Waals surface area contributed by atoms with Gasteiger partial charge < -0.3 is 30.3 Å². The number of nitrogens with zero attached hydrogens (tertiary/aromatic N) is 5. The number of H-pyrrole nitrogens is 1. The summed E-state index contributed by atoms with van der Waals surface area (Å²) < 4.78 is 29.2. The summed E-state index contributed by atoms with van der Waals surface area (Å²) in [5, 5.41) is 6.96. The number of benzene rings is 2. The number of alkyl halides is 1. The number of amides is 2. The van der Waals surface area contributed by atoms with Crippen LogP contribution in [0.3, 0.4) is 0 Å². The Bertz CT molecular complexity index is 1760. The number of fused-ring (bicyclic) bond motifs is 1. The molecule has 45 heavy (non-hydrogen) atoms. The fraction of sp³-hybridized carbons (Fsp3) is 0.312. The summed E-state index contributed by atoms with van der Waals surface area (Å²) >= 11 is 6.42. The van der Waals surface area contributed by atoms with Crippen molar-refractivity contribution < 1.29 is 18.4 Å². The van der Waals surface area contributed by atoms with E-state index >= 15 is 4.39 Å². The Labute approximate surface area is 264 Å². The highest BCUT2D eigenvalue weighted by Gasteiger charge is 2.33. The third-order valence-electron chi connectivity index (χ3n) is 8.32. The van der Waals surface area contributed by atoms with E-state index < -0.39 is 12.2 Å². The average molecular weight is 635 g/mol. The minimum absolute atomic E-state index is 0.107. The van der Waals surface area contributed by atoms with Crippen LogP contribution in [0.25, 0.3) is 22.2 Å². The maximum Gasteiger partial charge on any atom is 0.254 e. The molecule has 0 unspecified atom stereocenters. The second kappa shape index (κ2) is 12.8. The van der Waals surface area contributed by atoms with E-state index in [1.807, 2.05) is 0 Å². The van der Waals surface area contributed by atoms with Crippen LogP contribution < -0.4 is 15.5 Å². The number of aromatic nitrogens is 3. The molecule has 2 amide bonds. The maximum absolute atomic E-state index is 15.6. The molecule has 13 heteroatoms. The average Bonchev–Trinajstić information content (AvgIpc) is 3.45. The first kappa shape index (κ1) is 30.5. The Morgan fingerprint density at radius 3 is 2.69 bits per heavy atom. The van der Waals surface area contributed by atoms with Gasteiger partial charge in [-0.25, -0.2) is 18.7 Å². The van der Waals surface area contributed by atoms with Gasteiger partial charge in [-0.05, 0) is 55.9 Å². The summed E-state index contributed by atoms with van der Waals surface area (Å²) in [6, 6.07) is 8.90. The number of rotatable bonds is 7. The van der Waals surface area contributed by atoms with Crippen molar-refractivity contribution in [3.8, 4) is 11.3 Å². The highest BCUT2D eigenvalue weighted by atomic mass is 35.5. The summed E-state index contributed by atoms with van der Waals surface area (Å²) in [6.45, 7) is 6.91. The van der Waals surface area contributed by atoms with Gasteiger partial charge in [-0.15, -0.1) is 0 Å². The van der Waals surface area contributed by atoms with Crippen molar-refractivity contribution >= 4 is 51.6 Å². The first-order chi connectivity index (χ1) is 21.7. The predicted octanol–water partition coefficient (Wildman–Crippen LogP) is 4.96. The zero-order valence-corrected chi connectivity index (χ0v) is 25.5. The largest absolute Gasteiger partial charge is 0.367 e. The predicted molar refractivity (Wildman–Crippen MR) is 172 cm³/mol. The molecule has 0 bridgehead atoms. The SMILES string of the molecule is C=CC(=O)Nc1ccc(C(=O)N2CC[C@H](Nc3ncc(Cl)c(-c4c[nH]c5cc(F)ccc45)n3)[C@@H](F)C2)cc1N1CCN(C)CC1. The van der Waals surface area contributed by atoms with Crippen molar-refractivity contribution in [2.75, 3.05) is 61.8 Å². The molecule has 10 nitrogen and oxygen atoms in total. The van der Waals surface area contributed by atoms with Crippen LogP contribution in [0.1, 0.15) is 16.8 Å². The summed E-state index contributed by atoms with van der Waals surface area (Å²) in [5.74, 6) is -0.788. The Hall–Kier alpha value is -4.55. The van der Waals surface area contributed by atoms with E-state index in [1.54, 1.807) is 30.5 Å². The van der Waals surface area contributed by atoms with Crippen molar-refractivity contribution in [1.82, 2.24) is 24.8 Å². The van der Waals surface area contributed by atoms with Crippen LogP contribution in [0.5, 0.6) is 0 Å². The van der Waals surface area contributed by atoms with Crippen LogP contribution in [-0.4, -0.2) is 95.1 Å². The molecule has 3 N–H and O–H groups in total. The van der Waals surface area contributed by atoms with Crippen molar-refractivity contribution in [2.45, 2.75) is 18.6 Å². The number of aromatic amines is 1. The van der Waals surface area contributed by atoms with E-state index in [1.165, 1.54) is 29.3 Å². The van der Waals surface area contributed by atoms with Crippen molar-refractivity contribution in [3.63, 3.8) is 0 Å². The highest BCUT2D eigenvalue weighted by Crippen LogP contribution is 2.34. The first-order valence-corrected chi connectivity index (χ1v) is 15.1. The van der Waals surface area contributed by atoms with Gasteiger partial charge in [-0.2, -0.15) is 0 Å². The quantitative estimate of drug-likeness (QED) is 0.247. The zero-order valence-electron chi connectivity index (χ0n) is 24.7. The molecular formula is C32H33ClF2N8O2. The molecule has 2 atom stereocenters. The van der Waals surface area contributed by atoms with E-state index in [0.29, 0.717) is 46.0 Å².